The van der Waals surface area contributed by atoms with Crippen LogP contribution in [0.2, 0.25) is 0 Å². The summed E-state index contributed by atoms with van der Waals surface area (Å²) in [6.45, 7) is 3.90. The van der Waals surface area contributed by atoms with Crippen molar-refractivity contribution in [2.24, 2.45) is 5.92 Å². The number of para-hydroxylation sites is 1. The second kappa shape index (κ2) is 6.92. The lowest BCUT2D eigenvalue weighted by molar-refractivity contribution is -0.130. The van der Waals surface area contributed by atoms with E-state index in [1.165, 1.54) is 18.2 Å². The van der Waals surface area contributed by atoms with E-state index >= 15 is 0 Å². The fraction of sp³-hybridized carbons (Fsp3) is 0.389. The molecule has 130 valence electrons. The van der Waals surface area contributed by atoms with Crippen molar-refractivity contribution in [3.63, 3.8) is 0 Å². The van der Waals surface area contributed by atoms with Crippen LogP contribution in [0.5, 0.6) is 0 Å². The van der Waals surface area contributed by atoms with Gasteiger partial charge in [0.15, 0.2) is 0 Å². The van der Waals surface area contributed by atoms with Crippen molar-refractivity contribution < 1.29 is 9.21 Å². The van der Waals surface area contributed by atoms with Gasteiger partial charge in [-0.3, -0.25) is 4.79 Å². The Balaban J connectivity index is 1.42. The molecular weight excluding hydrogens is 336 g/mol. The van der Waals surface area contributed by atoms with Crippen molar-refractivity contribution in [2.45, 2.75) is 25.0 Å². The Labute approximate surface area is 150 Å². The van der Waals surface area contributed by atoms with Crippen LogP contribution in [0.4, 0.5) is 0 Å². The third-order valence-corrected chi connectivity index (χ3v) is 5.36. The quantitative estimate of drug-likeness (QED) is 0.723. The Morgan fingerprint density at radius 3 is 3.16 bits per heavy atom. The fourth-order valence-electron chi connectivity index (χ4n) is 3.26. The van der Waals surface area contributed by atoms with Gasteiger partial charge in [-0.2, -0.15) is 0 Å². The molecule has 4 rings (SSSR count). The van der Waals surface area contributed by atoms with Crippen molar-refractivity contribution in [2.75, 3.05) is 18.8 Å². The lowest BCUT2D eigenvalue weighted by Gasteiger charge is -2.30. The van der Waals surface area contributed by atoms with Crippen molar-refractivity contribution in [1.29, 1.82) is 0 Å². The predicted molar refractivity (Wildman–Crippen MR) is 97.3 cm³/mol. The van der Waals surface area contributed by atoms with Crippen LogP contribution in [0.3, 0.4) is 0 Å². The van der Waals surface area contributed by atoms with E-state index in [1.54, 1.807) is 0 Å². The monoisotopic (exact) mass is 356 g/mol. The summed E-state index contributed by atoms with van der Waals surface area (Å²) >= 11 is 1.31. The molecule has 1 saturated heterocycles. The summed E-state index contributed by atoms with van der Waals surface area (Å²) in [6.07, 6.45) is 4.16. The Morgan fingerprint density at radius 1 is 1.40 bits per heavy atom. The van der Waals surface area contributed by atoms with Gasteiger partial charge in [-0.1, -0.05) is 36.9 Å². The number of aromatic nitrogens is 3. The van der Waals surface area contributed by atoms with Crippen LogP contribution < -0.4 is 0 Å². The number of fused-ring (bicyclic) bond motifs is 1. The molecule has 1 aliphatic rings. The van der Waals surface area contributed by atoms with Crippen LogP contribution in [0, 0.1) is 5.92 Å². The summed E-state index contributed by atoms with van der Waals surface area (Å²) in [5.41, 5.74) is 1.91. The van der Waals surface area contributed by atoms with Crippen molar-refractivity contribution in [3.8, 4) is 11.5 Å². The number of carbonyl (C=O) groups excluding carboxylic acids is 1. The second-order valence-electron chi connectivity index (χ2n) is 6.50. The molecule has 1 N–H and O–H groups in total. The number of thioether (sulfide) groups is 1. The number of likely N-dealkylation sites (tertiary alicyclic amines) is 1. The molecule has 3 aromatic rings. The maximum absolute atomic E-state index is 12.3. The van der Waals surface area contributed by atoms with E-state index in [4.69, 9.17) is 4.42 Å². The molecule has 1 atom stereocenters. The van der Waals surface area contributed by atoms with E-state index in [-0.39, 0.29) is 5.91 Å². The topological polar surface area (TPSA) is 75.0 Å². The Morgan fingerprint density at radius 2 is 2.28 bits per heavy atom. The molecule has 1 aliphatic heterocycles. The van der Waals surface area contributed by atoms with Gasteiger partial charge in [-0.25, -0.2) is 0 Å². The van der Waals surface area contributed by atoms with Gasteiger partial charge in [0.2, 0.25) is 5.91 Å². The molecule has 0 bridgehead atoms. The predicted octanol–water partition coefficient (Wildman–Crippen LogP) is 3.57. The molecule has 1 amide bonds. The van der Waals surface area contributed by atoms with E-state index in [9.17, 15) is 4.79 Å². The highest BCUT2D eigenvalue weighted by Crippen LogP contribution is 2.29. The summed E-state index contributed by atoms with van der Waals surface area (Å²) in [6, 6.07) is 7.97. The average molecular weight is 356 g/mol. The lowest BCUT2D eigenvalue weighted by atomic mass is 10.0. The van der Waals surface area contributed by atoms with Gasteiger partial charge in [0.05, 0.1) is 11.3 Å². The summed E-state index contributed by atoms with van der Waals surface area (Å²) < 4.78 is 5.75. The van der Waals surface area contributed by atoms with Gasteiger partial charge in [0.1, 0.15) is 0 Å². The minimum absolute atomic E-state index is 0.142. The minimum Gasteiger partial charge on any atom is -0.411 e. The molecule has 0 radical (unpaired) electrons. The molecule has 0 spiro atoms. The van der Waals surface area contributed by atoms with Crippen LogP contribution in [-0.4, -0.2) is 44.8 Å². The number of nitrogens with one attached hydrogen (secondary N) is 1. The third kappa shape index (κ3) is 3.42. The van der Waals surface area contributed by atoms with E-state index in [0.717, 1.165) is 36.0 Å². The van der Waals surface area contributed by atoms with Crippen molar-refractivity contribution in [1.82, 2.24) is 20.1 Å². The number of hydrogen-bond acceptors (Lipinski definition) is 5. The number of H-pyrrole nitrogens is 1. The smallest absolute Gasteiger partial charge is 0.277 e. The summed E-state index contributed by atoms with van der Waals surface area (Å²) in [5, 5.41) is 9.67. The van der Waals surface area contributed by atoms with Gasteiger partial charge in [0, 0.05) is 30.2 Å². The highest BCUT2D eigenvalue weighted by Gasteiger charge is 2.22. The van der Waals surface area contributed by atoms with Crippen LogP contribution in [0.1, 0.15) is 19.8 Å². The number of aromatic amines is 1. The van der Waals surface area contributed by atoms with E-state index in [2.05, 4.69) is 22.1 Å². The largest absolute Gasteiger partial charge is 0.411 e. The SMILES string of the molecule is C[C@H]1CCCN(C(=O)CSc2nnc(-c3c[nH]c4ccccc34)o2)C1. The minimum atomic E-state index is 0.142. The van der Waals surface area contributed by atoms with Crippen molar-refractivity contribution in [3.05, 3.63) is 30.5 Å². The van der Waals surface area contributed by atoms with Crippen LogP contribution in [0.15, 0.2) is 40.1 Å². The Hall–Kier alpha value is -2.28. The maximum atomic E-state index is 12.3. The van der Waals surface area contributed by atoms with Gasteiger partial charge in [-0.15, -0.1) is 10.2 Å². The Bertz CT molecular complexity index is 888. The zero-order valence-corrected chi connectivity index (χ0v) is 14.9. The first-order chi connectivity index (χ1) is 12.2. The van der Waals surface area contributed by atoms with E-state index in [1.807, 2.05) is 35.4 Å². The number of hydrogen-bond donors (Lipinski definition) is 1. The third-order valence-electron chi connectivity index (χ3n) is 4.55. The van der Waals surface area contributed by atoms with Crippen LogP contribution in [-0.2, 0) is 4.79 Å². The maximum Gasteiger partial charge on any atom is 0.277 e. The molecule has 6 nitrogen and oxygen atoms in total. The van der Waals surface area contributed by atoms with Gasteiger partial charge >= 0.3 is 0 Å². The average Bonchev–Trinajstić information content (AvgIpc) is 3.26. The molecule has 2 aromatic heterocycles. The van der Waals surface area contributed by atoms with Crippen LogP contribution in [0.25, 0.3) is 22.4 Å². The van der Waals surface area contributed by atoms with Gasteiger partial charge in [-0.05, 0) is 24.8 Å². The number of rotatable bonds is 4. The second-order valence-corrected chi connectivity index (χ2v) is 7.42. The highest BCUT2D eigenvalue weighted by atomic mass is 32.2. The van der Waals surface area contributed by atoms with Gasteiger partial charge in [0.25, 0.3) is 11.1 Å². The first kappa shape index (κ1) is 16.2. The number of amides is 1. The summed E-state index contributed by atoms with van der Waals surface area (Å²) in [4.78, 5) is 17.5. The zero-order valence-electron chi connectivity index (χ0n) is 14.1. The van der Waals surface area contributed by atoms with E-state index in [0.29, 0.717) is 22.8 Å². The fourth-order valence-corrected chi connectivity index (χ4v) is 3.92. The van der Waals surface area contributed by atoms with E-state index < -0.39 is 0 Å². The zero-order chi connectivity index (χ0) is 17.2. The number of nitrogens with zero attached hydrogens (tertiary/aromatic N) is 3. The summed E-state index contributed by atoms with van der Waals surface area (Å²) in [5.74, 6) is 1.53. The van der Waals surface area contributed by atoms with Crippen LogP contribution >= 0.6 is 11.8 Å². The highest BCUT2D eigenvalue weighted by molar-refractivity contribution is 7.99. The first-order valence-electron chi connectivity index (χ1n) is 8.51. The molecule has 0 unspecified atom stereocenters. The normalized spacial score (nSPS) is 18.0. The van der Waals surface area contributed by atoms with Crippen molar-refractivity contribution >= 4 is 28.6 Å². The standard InChI is InChI=1S/C18H20N4O2S/c1-12-5-4-8-22(10-12)16(23)11-25-18-21-20-17(24-18)14-9-19-15-7-3-2-6-13(14)15/h2-3,6-7,9,12,19H,4-5,8,10-11H2,1H3/t12-/m0/s1. The molecule has 25 heavy (non-hydrogen) atoms. The molecule has 7 heteroatoms. The molecule has 0 aliphatic carbocycles. The van der Waals surface area contributed by atoms with Gasteiger partial charge < -0.3 is 14.3 Å². The number of carbonyl (C=O) groups is 1. The lowest BCUT2D eigenvalue weighted by Crippen LogP contribution is -2.40. The molecule has 1 aromatic carbocycles. The molecule has 1 fully saturated rings. The molecular formula is C18H20N4O2S. The Kier molecular flexibility index (Phi) is 4.48. The number of benzene rings is 1. The molecule has 0 saturated carbocycles. The summed E-state index contributed by atoms with van der Waals surface area (Å²) in [7, 11) is 0. The number of piperidine rings is 1. The molecule has 3 heterocycles. The first-order valence-corrected chi connectivity index (χ1v) is 9.50.